The Morgan fingerprint density at radius 3 is 3.20 bits per heavy atom. The third kappa shape index (κ3) is 2.10. The zero-order valence-electron chi connectivity index (χ0n) is 5.42. The fourth-order valence-corrected chi connectivity index (χ4v) is 0.854. The van der Waals surface area contributed by atoms with Gasteiger partial charge in [-0.05, 0) is 0 Å². The molecule has 1 radical (unpaired) electrons. The molecule has 5 heteroatoms. The number of rotatable bonds is 2. The number of hydrogen-bond acceptors (Lipinski definition) is 4. The van der Waals surface area contributed by atoms with E-state index in [0.717, 1.165) is 5.01 Å². The van der Waals surface area contributed by atoms with Crippen LogP contribution in [0.1, 0.15) is 11.9 Å². The summed E-state index contributed by atoms with van der Waals surface area (Å²) in [6.07, 6.45) is 0. The molecule has 1 aromatic rings. The van der Waals surface area contributed by atoms with Gasteiger partial charge in [-0.1, -0.05) is 11.3 Å². The molecule has 0 aliphatic rings. The Kier molecular flexibility index (Phi) is 2.33. The Balaban J connectivity index is 2.35. The largest absolute Gasteiger partial charge is 0.350 e. The van der Waals surface area contributed by atoms with E-state index in [1.807, 2.05) is 0 Å². The molecule has 0 saturated heterocycles. The van der Waals surface area contributed by atoms with Gasteiger partial charge in [0.2, 0.25) is 5.91 Å². The Bertz CT molecular complexity index is 209. The Hall–Kier alpha value is -0.970. The van der Waals surface area contributed by atoms with E-state index in [4.69, 9.17) is 0 Å². The van der Waals surface area contributed by atoms with Gasteiger partial charge in [-0.3, -0.25) is 4.79 Å². The molecular weight excluding hydrogens is 150 g/mol. The predicted octanol–water partition coefficient (Wildman–Crippen LogP) is -0.0256. The van der Waals surface area contributed by atoms with Gasteiger partial charge >= 0.3 is 0 Å². The lowest BCUT2D eigenvalue weighted by Gasteiger charge is -1.93. The highest BCUT2D eigenvalue weighted by Gasteiger charge is 1.96. The Labute approximate surface area is 62.3 Å². The van der Waals surface area contributed by atoms with E-state index in [0.29, 0.717) is 6.54 Å². The smallest absolute Gasteiger partial charge is 0.217 e. The average molecular weight is 156 g/mol. The van der Waals surface area contributed by atoms with Crippen LogP contribution in [0.15, 0.2) is 0 Å². The fraction of sp³-hybridized carbons (Fsp3) is 0.400. The highest BCUT2D eigenvalue weighted by atomic mass is 32.1. The minimum absolute atomic E-state index is 0.0600. The number of aromatic nitrogens is 2. The van der Waals surface area contributed by atoms with Gasteiger partial charge in [-0.2, -0.15) is 0 Å². The van der Waals surface area contributed by atoms with Gasteiger partial charge in [0.1, 0.15) is 5.01 Å². The lowest BCUT2D eigenvalue weighted by atomic mass is 10.6. The monoisotopic (exact) mass is 156 g/mol. The van der Waals surface area contributed by atoms with E-state index in [9.17, 15) is 4.79 Å². The van der Waals surface area contributed by atoms with Crippen LogP contribution in [-0.4, -0.2) is 16.1 Å². The maximum atomic E-state index is 10.4. The number of hydrogen-bond donors (Lipinski definition) is 1. The second-order valence-electron chi connectivity index (χ2n) is 1.70. The fourth-order valence-electron chi connectivity index (χ4n) is 0.441. The van der Waals surface area contributed by atoms with Crippen molar-refractivity contribution in [1.29, 1.82) is 0 Å². The summed E-state index contributed by atoms with van der Waals surface area (Å²) in [6, 6.07) is 0. The zero-order chi connectivity index (χ0) is 7.40. The first-order chi connectivity index (χ1) is 4.79. The Morgan fingerprint density at radius 1 is 1.90 bits per heavy atom. The van der Waals surface area contributed by atoms with Crippen molar-refractivity contribution in [3.8, 4) is 0 Å². The molecule has 1 aromatic heterocycles. The summed E-state index contributed by atoms with van der Waals surface area (Å²) in [5.41, 5.74) is 2.58. The highest BCUT2D eigenvalue weighted by molar-refractivity contribution is 7.08. The first-order valence-corrected chi connectivity index (χ1v) is 3.53. The SMILES string of the molecule is CC(=O)NCc1nn[c]s1. The van der Waals surface area contributed by atoms with Gasteiger partial charge in [0, 0.05) is 6.92 Å². The molecule has 1 rings (SSSR count). The van der Waals surface area contributed by atoms with E-state index >= 15 is 0 Å². The second kappa shape index (κ2) is 3.26. The van der Waals surface area contributed by atoms with Crippen molar-refractivity contribution < 1.29 is 4.79 Å². The van der Waals surface area contributed by atoms with Crippen molar-refractivity contribution in [3.63, 3.8) is 0 Å². The summed E-state index contributed by atoms with van der Waals surface area (Å²) in [5, 5.41) is 10.5. The minimum atomic E-state index is -0.0600. The van der Waals surface area contributed by atoms with Crippen molar-refractivity contribution in [2.45, 2.75) is 13.5 Å². The molecule has 0 aliphatic heterocycles. The summed E-state index contributed by atoms with van der Waals surface area (Å²) in [4.78, 5) is 10.4. The first kappa shape index (κ1) is 7.14. The molecule has 0 saturated carbocycles. The van der Waals surface area contributed by atoms with Crippen molar-refractivity contribution in [1.82, 2.24) is 15.5 Å². The minimum Gasteiger partial charge on any atom is -0.350 e. The molecule has 1 N–H and O–H groups in total. The third-order valence-corrected chi connectivity index (χ3v) is 1.49. The van der Waals surface area contributed by atoms with Crippen LogP contribution in [0.4, 0.5) is 0 Å². The van der Waals surface area contributed by atoms with E-state index in [-0.39, 0.29) is 5.91 Å². The van der Waals surface area contributed by atoms with Crippen molar-refractivity contribution in [3.05, 3.63) is 10.5 Å². The lowest BCUT2D eigenvalue weighted by molar-refractivity contribution is -0.119. The lowest BCUT2D eigenvalue weighted by Crippen LogP contribution is -2.18. The van der Waals surface area contributed by atoms with Gasteiger partial charge in [0.25, 0.3) is 0 Å². The van der Waals surface area contributed by atoms with E-state index in [2.05, 4.69) is 21.0 Å². The molecule has 1 heterocycles. The normalized spacial score (nSPS) is 9.30. The molecule has 0 atom stereocenters. The predicted molar refractivity (Wildman–Crippen MR) is 36.3 cm³/mol. The van der Waals surface area contributed by atoms with Crippen molar-refractivity contribution in [2.75, 3.05) is 0 Å². The molecule has 4 nitrogen and oxygen atoms in total. The number of amides is 1. The third-order valence-electron chi connectivity index (χ3n) is 0.854. The molecule has 1 amide bonds. The topological polar surface area (TPSA) is 54.9 Å². The van der Waals surface area contributed by atoms with Gasteiger partial charge in [0.15, 0.2) is 5.51 Å². The molecule has 0 fully saturated rings. The number of carbonyl (C=O) groups excluding carboxylic acids is 1. The average Bonchev–Trinajstić information content (AvgIpc) is 2.34. The first-order valence-electron chi connectivity index (χ1n) is 2.72. The van der Waals surface area contributed by atoms with Gasteiger partial charge < -0.3 is 5.32 Å². The molecule has 53 valence electrons. The molecule has 0 unspecified atom stereocenters. The van der Waals surface area contributed by atoms with Crippen LogP contribution in [0.5, 0.6) is 0 Å². The van der Waals surface area contributed by atoms with Crippen LogP contribution in [-0.2, 0) is 11.3 Å². The summed E-state index contributed by atoms with van der Waals surface area (Å²) in [6.45, 7) is 1.92. The standard InChI is InChI=1S/C5H6N3OS/c1-4(9)6-2-5-8-7-3-10-5/h2H2,1H3,(H,6,9). The zero-order valence-corrected chi connectivity index (χ0v) is 6.23. The highest BCUT2D eigenvalue weighted by Crippen LogP contribution is 1.98. The van der Waals surface area contributed by atoms with Crippen LogP contribution >= 0.6 is 11.3 Å². The molecule has 0 aliphatic carbocycles. The number of carbonyl (C=O) groups is 1. The molecule has 10 heavy (non-hydrogen) atoms. The van der Waals surface area contributed by atoms with Crippen LogP contribution in [0.25, 0.3) is 0 Å². The second-order valence-corrected chi connectivity index (χ2v) is 2.55. The molecular formula is C5H6N3OS. The van der Waals surface area contributed by atoms with Gasteiger partial charge in [-0.15, -0.1) is 10.2 Å². The summed E-state index contributed by atoms with van der Waals surface area (Å²) < 4.78 is 0. The van der Waals surface area contributed by atoms with E-state index in [1.165, 1.54) is 18.3 Å². The molecule has 0 aromatic carbocycles. The quantitative estimate of drug-likeness (QED) is 0.654. The van der Waals surface area contributed by atoms with Crippen LogP contribution in [0, 0.1) is 5.51 Å². The van der Waals surface area contributed by atoms with Crippen molar-refractivity contribution in [2.24, 2.45) is 0 Å². The maximum Gasteiger partial charge on any atom is 0.217 e. The van der Waals surface area contributed by atoms with Crippen molar-refractivity contribution >= 4 is 17.2 Å². The van der Waals surface area contributed by atoms with Gasteiger partial charge in [0.05, 0.1) is 6.54 Å². The van der Waals surface area contributed by atoms with E-state index < -0.39 is 0 Å². The van der Waals surface area contributed by atoms with Crippen LogP contribution in [0.2, 0.25) is 0 Å². The van der Waals surface area contributed by atoms with E-state index in [1.54, 1.807) is 0 Å². The Morgan fingerprint density at radius 2 is 2.70 bits per heavy atom. The molecule has 0 spiro atoms. The number of nitrogens with one attached hydrogen (secondary N) is 1. The number of nitrogens with zero attached hydrogens (tertiary/aromatic N) is 2. The van der Waals surface area contributed by atoms with Gasteiger partial charge in [-0.25, -0.2) is 0 Å². The summed E-state index contributed by atoms with van der Waals surface area (Å²) in [7, 11) is 0. The van der Waals surface area contributed by atoms with Crippen LogP contribution in [0.3, 0.4) is 0 Å². The summed E-state index contributed by atoms with van der Waals surface area (Å²) in [5.74, 6) is -0.0600. The maximum absolute atomic E-state index is 10.4. The van der Waals surface area contributed by atoms with Crippen LogP contribution < -0.4 is 5.32 Å². The molecule has 0 bridgehead atoms. The summed E-state index contributed by atoms with van der Waals surface area (Å²) >= 11 is 1.30.